The molecule has 2 unspecified atom stereocenters. The third-order valence-electron chi connectivity index (χ3n) is 5.85. The molecule has 0 spiro atoms. The number of anilines is 1. The highest BCUT2D eigenvalue weighted by molar-refractivity contribution is 6.02. The number of likely N-dealkylation sites (N-methyl/N-ethyl adjacent to an activating group) is 1. The molecule has 2 heterocycles. The van der Waals surface area contributed by atoms with E-state index in [1.807, 2.05) is 24.8 Å². The van der Waals surface area contributed by atoms with Crippen molar-refractivity contribution in [2.24, 2.45) is 5.10 Å². The van der Waals surface area contributed by atoms with Crippen molar-refractivity contribution in [1.82, 2.24) is 25.4 Å². The Morgan fingerprint density at radius 1 is 1.52 bits per heavy atom. The normalized spacial score (nSPS) is 23.0. The van der Waals surface area contributed by atoms with Crippen LogP contribution in [0.4, 0.5) is 10.6 Å². The summed E-state index contributed by atoms with van der Waals surface area (Å²) in [5.41, 5.74) is 1.15. The van der Waals surface area contributed by atoms with Crippen molar-refractivity contribution in [3.63, 3.8) is 0 Å². The molecule has 0 radical (unpaired) electrons. The SMILES string of the molecule is C=NN(C)/C(=C\CCOC)C(=O)Nc1cc(C2CCC(N3CC(C)(C)NC3=O)C2)[nH]n1. The number of hydrogen-bond donors (Lipinski definition) is 3. The minimum Gasteiger partial charge on any atom is -0.384 e. The lowest BCUT2D eigenvalue weighted by Crippen LogP contribution is -2.36. The molecular weight excluding hydrogens is 398 g/mol. The van der Waals surface area contributed by atoms with E-state index in [0.29, 0.717) is 24.5 Å². The van der Waals surface area contributed by atoms with Crippen LogP contribution in [-0.4, -0.2) is 77.7 Å². The van der Waals surface area contributed by atoms with Gasteiger partial charge in [0, 0.05) is 57.7 Å². The summed E-state index contributed by atoms with van der Waals surface area (Å²) in [5.74, 6) is 0.414. The van der Waals surface area contributed by atoms with Crippen molar-refractivity contribution < 1.29 is 14.3 Å². The molecule has 1 saturated heterocycles. The molecule has 10 nitrogen and oxygen atoms in total. The number of carbonyl (C=O) groups is 2. The number of rotatable bonds is 9. The molecule has 3 N–H and O–H groups in total. The van der Waals surface area contributed by atoms with Crippen molar-refractivity contribution in [2.45, 2.75) is 57.0 Å². The van der Waals surface area contributed by atoms with Crippen molar-refractivity contribution in [2.75, 3.05) is 32.6 Å². The maximum absolute atomic E-state index is 12.7. The number of amides is 3. The van der Waals surface area contributed by atoms with Crippen LogP contribution < -0.4 is 10.6 Å². The average Bonchev–Trinajstić information content (AvgIpc) is 3.43. The van der Waals surface area contributed by atoms with Gasteiger partial charge < -0.3 is 20.3 Å². The van der Waals surface area contributed by atoms with E-state index in [-0.39, 0.29) is 29.4 Å². The summed E-state index contributed by atoms with van der Waals surface area (Å²) >= 11 is 0. The van der Waals surface area contributed by atoms with Crippen LogP contribution in [0.1, 0.15) is 51.1 Å². The predicted molar refractivity (Wildman–Crippen MR) is 119 cm³/mol. The van der Waals surface area contributed by atoms with Crippen LogP contribution in [-0.2, 0) is 9.53 Å². The maximum atomic E-state index is 12.7. The summed E-state index contributed by atoms with van der Waals surface area (Å²) in [6.45, 7) is 8.78. The van der Waals surface area contributed by atoms with Gasteiger partial charge in [0.05, 0.1) is 5.54 Å². The maximum Gasteiger partial charge on any atom is 0.318 e. The minimum absolute atomic E-state index is 0.0148. The number of nitrogens with zero attached hydrogens (tertiary/aromatic N) is 4. The minimum atomic E-state index is -0.315. The molecule has 1 aliphatic heterocycles. The first-order valence-electron chi connectivity index (χ1n) is 10.6. The quantitative estimate of drug-likeness (QED) is 0.240. The Hall–Kier alpha value is -2.88. The second kappa shape index (κ2) is 9.51. The summed E-state index contributed by atoms with van der Waals surface area (Å²) in [4.78, 5) is 27.0. The van der Waals surface area contributed by atoms with Gasteiger partial charge in [0.1, 0.15) is 5.70 Å². The Morgan fingerprint density at radius 3 is 2.94 bits per heavy atom. The largest absolute Gasteiger partial charge is 0.384 e. The molecule has 1 aliphatic carbocycles. The molecule has 31 heavy (non-hydrogen) atoms. The fourth-order valence-electron chi connectivity index (χ4n) is 4.27. The lowest BCUT2D eigenvalue weighted by Gasteiger charge is -2.24. The van der Waals surface area contributed by atoms with E-state index in [1.54, 1.807) is 20.2 Å². The number of nitrogens with one attached hydrogen (secondary N) is 3. The molecular formula is C21H33N7O3. The van der Waals surface area contributed by atoms with Crippen LogP contribution in [0.3, 0.4) is 0 Å². The molecule has 3 rings (SSSR count). The lowest BCUT2D eigenvalue weighted by atomic mass is 10.0. The van der Waals surface area contributed by atoms with E-state index >= 15 is 0 Å². The topological polar surface area (TPSA) is 115 Å². The first-order chi connectivity index (χ1) is 14.7. The van der Waals surface area contributed by atoms with Crippen molar-refractivity contribution >= 4 is 24.5 Å². The lowest BCUT2D eigenvalue weighted by molar-refractivity contribution is -0.114. The van der Waals surface area contributed by atoms with Crippen LogP contribution in [0, 0.1) is 0 Å². The fourth-order valence-corrected chi connectivity index (χ4v) is 4.27. The monoisotopic (exact) mass is 431 g/mol. The average molecular weight is 432 g/mol. The molecule has 1 aromatic heterocycles. The van der Waals surface area contributed by atoms with Gasteiger partial charge in [-0.25, -0.2) is 4.79 Å². The van der Waals surface area contributed by atoms with Crippen LogP contribution >= 0.6 is 0 Å². The van der Waals surface area contributed by atoms with Gasteiger partial charge in [-0.05, 0) is 39.5 Å². The highest BCUT2D eigenvalue weighted by Crippen LogP contribution is 2.38. The van der Waals surface area contributed by atoms with Crippen LogP contribution in [0.5, 0.6) is 0 Å². The van der Waals surface area contributed by atoms with Crippen molar-refractivity contribution in [3.05, 3.63) is 23.5 Å². The van der Waals surface area contributed by atoms with E-state index in [2.05, 4.69) is 32.6 Å². The molecule has 2 fully saturated rings. The van der Waals surface area contributed by atoms with Gasteiger partial charge in [0.2, 0.25) is 0 Å². The summed E-state index contributed by atoms with van der Waals surface area (Å²) < 4.78 is 5.04. The van der Waals surface area contributed by atoms with E-state index in [1.165, 1.54) is 5.01 Å². The van der Waals surface area contributed by atoms with Gasteiger partial charge in [-0.1, -0.05) is 6.08 Å². The molecule has 3 amide bonds. The van der Waals surface area contributed by atoms with Crippen molar-refractivity contribution in [3.8, 4) is 0 Å². The Bertz CT molecular complexity index is 848. The second-order valence-corrected chi connectivity index (χ2v) is 8.80. The smallest absolute Gasteiger partial charge is 0.318 e. The van der Waals surface area contributed by atoms with Gasteiger partial charge in [0.25, 0.3) is 5.91 Å². The number of hydrogen-bond acceptors (Lipinski definition) is 6. The molecule has 170 valence electrons. The molecule has 0 bridgehead atoms. The van der Waals surface area contributed by atoms with E-state index in [4.69, 9.17) is 4.74 Å². The number of aromatic amines is 1. The third-order valence-corrected chi connectivity index (χ3v) is 5.85. The number of aromatic nitrogens is 2. The summed E-state index contributed by atoms with van der Waals surface area (Å²) in [6.07, 6.45) is 5.14. The number of ether oxygens (including phenoxy) is 1. The number of hydrazone groups is 1. The molecule has 1 aromatic rings. The first kappa shape index (κ1) is 22.8. The Labute approximate surface area is 183 Å². The Kier molecular flexibility index (Phi) is 6.99. The molecule has 10 heteroatoms. The highest BCUT2D eigenvalue weighted by Gasteiger charge is 2.41. The molecule has 0 aromatic carbocycles. The fraction of sp³-hybridized carbons (Fsp3) is 0.619. The van der Waals surface area contributed by atoms with Crippen LogP contribution in [0.25, 0.3) is 0 Å². The van der Waals surface area contributed by atoms with E-state index in [0.717, 1.165) is 31.5 Å². The Morgan fingerprint density at radius 2 is 2.29 bits per heavy atom. The zero-order valence-corrected chi connectivity index (χ0v) is 18.8. The van der Waals surface area contributed by atoms with E-state index < -0.39 is 0 Å². The Balaban J connectivity index is 1.61. The van der Waals surface area contributed by atoms with Gasteiger partial charge >= 0.3 is 6.03 Å². The van der Waals surface area contributed by atoms with Gasteiger partial charge in [0.15, 0.2) is 5.82 Å². The predicted octanol–water partition coefficient (Wildman–Crippen LogP) is 2.26. The summed E-state index contributed by atoms with van der Waals surface area (Å²) in [7, 11) is 3.27. The van der Waals surface area contributed by atoms with Gasteiger partial charge in [-0.3, -0.25) is 14.9 Å². The number of methoxy groups -OCH3 is 1. The zero-order valence-electron chi connectivity index (χ0n) is 18.8. The summed E-state index contributed by atoms with van der Waals surface area (Å²) in [6, 6.07) is 2.10. The van der Waals surface area contributed by atoms with Crippen LogP contribution in [0.15, 0.2) is 22.9 Å². The first-order valence-corrected chi connectivity index (χ1v) is 10.6. The van der Waals surface area contributed by atoms with Crippen molar-refractivity contribution in [1.29, 1.82) is 0 Å². The third kappa shape index (κ3) is 5.43. The zero-order chi connectivity index (χ0) is 22.6. The number of carbonyl (C=O) groups excluding carboxylic acids is 2. The van der Waals surface area contributed by atoms with Gasteiger partial charge in [-0.15, -0.1) is 0 Å². The molecule has 2 atom stereocenters. The standard InChI is InChI=1S/C21H33N7O3/c1-21(2)13-28(20(30)24-21)15-9-8-14(11-15)16-12-18(26-25-16)23-19(29)17(27(4)22-3)7-6-10-31-5/h7,12,14-15H,3,6,8-11,13H2,1-2,4-5H3,(H,24,30)(H2,23,25,26,29)/b17-7-. The summed E-state index contributed by atoms with van der Waals surface area (Å²) in [5, 5.41) is 18.4. The van der Waals surface area contributed by atoms with E-state index in [9.17, 15) is 9.59 Å². The molecule has 2 aliphatic rings. The van der Waals surface area contributed by atoms with Gasteiger partial charge in [-0.2, -0.15) is 10.2 Å². The highest BCUT2D eigenvalue weighted by atomic mass is 16.5. The molecule has 1 saturated carbocycles. The van der Waals surface area contributed by atoms with Crippen LogP contribution in [0.2, 0.25) is 0 Å². The number of H-pyrrole nitrogens is 1. The number of urea groups is 1. The second-order valence-electron chi connectivity index (χ2n) is 8.80.